The second-order valence-electron chi connectivity index (χ2n) is 4.57. The molecule has 100 valence electrons. The molecule has 1 aromatic rings. The zero-order chi connectivity index (χ0) is 13.6. The minimum Gasteiger partial charge on any atom is -0.384 e. The van der Waals surface area contributed by atoms with Crippen LogP contribution in [0.5, 0.6) is 0 Å². The van der Waals surface area contributed by atoms with Crippen LogP contribution in [0.4, 0.5) is 5.69 Å². The predicted molar refractivity (Wildman–Crippen MR) is 71.7 cm³/mol. The van der Waals surface area contributed by atoms with Crippen LogP contribution in [0.2, 0.25) is 0 Å². The van der Waals surface area contributed by atoms with Crippen LogP contribution in [0.1, 0.15) is 19.4 Å². The molecule has 0 fully saturated rings. The number of para-hydroxylation sites is 1. The van der Waals surface area contributed by atoms with Crippen LogP contribution in [-0.2, 0) is 20.7 Å². The molecule has 0 atom stereocenters. The highest BCUT2D eigenvalue weighted by Gasteiger charge is 2.27. The van der Waals surface area contributed by atoms with Crippen molar-refractivity contribution in [3.05, 3.63) is 29.8 Å². The largest absolute Gasteiger partial charge is 0.384 e. The summed E-state index contributed by atoms with van der Waals surface area (Å²) in [4.78, 5) is 12.0. The quantitative estimate of drug-likeness (QED) is 0.843. The monoisotopic (exact) mass is 251 g/mol. The molecule has 1 rings (SSSR count). The van der Waals surface area contributed by atoms with E-state index in [9.17, 15) is 4.79 Å². The number of rotatable bonds is 6. The first-order chi connectivity index (χ1) is 8.51. The Morgan fingerprint density at radius 3 is 2.56 bits per heavy atom. The maximum Gasteiger partial charge on any atom is 0.256 e. The van der Waals surface area contributed by atoms with Crippen molar-refractivity contribution in [3.8, 4) is 0 Å². The van der Waals surface area contributed by atoms with Gasteiger partial charge in [0, 0.05) is 19.9 Å². The van der Waals surface area contributed by atoms with Gasteiger partial charge in [-0.25, -0.2) is 0 Å². The second-order valence-corrected chi connectivity index (χ2v) is 4.57. The summed E-state index contributed by atoms with van der Waals surface area (Å²) in [7, 11) is 3.19. The van der Waals surface area contributed by atoms with Crippen LogP contribution in [0.25, 0.3) is 0 Å². The van der Waals surface area contributed by atoms with Crippen LogP contribution in [-0.4, -0.2) is 32.3 Å². The highest BCUT2D eigenvalue weighted by Crippen LogP contribution is 2.18. The first-order valence-electron chi connectivity index (χ1n) is 5.94. The Labute approximate surface area is 108 Å². The predicted octanol–water partition coefficient (Wildman–Crippen LogP) is 2.24. The van der Waals surface area contributed by atoms with E-state index in [0.29, 0.717) is 6.61 Å². The van der Waals surface area contributed by atoms with Gasteiger partial charge in [0.25, 0.3) is 5.91 Å². The first kappa shape index (κ1) is 14.7. The van der Waals surface area contributed by atoms with Gasteiger partial charge in [-0.1, -0.05) is 18.2 Å². The van der Waals surface area contributed by atoms with Crippen LogP contribution >= 0.6 is 0 Å². The average Bonchev–Trinajstić information content (AvgIpc) is 2.37. The SMILES string of the molecule is COCCc1ccccc1NC(=O)C(C)(C)OC. The van der Waals surface area contributed by atoms with Crippen molar-refractivity contribution in [1.82, 2.24) is 0 Å². The highest BCUT2D eigenvalue weighted by molar-refractivity contribution is 5.97. The van der Waals surface area contributed by atoms with Crippen LogP contribution < -0.4 is 5.32 Å². The summed E-state index contributed by atoms with van der Waals surface area (Å²) in [6.07, 6.45) is 0.764. The molecule has 4 nitrogen and oxygen atoms in total. The third-order valence-corrected chi connectivity index (χ3v) is 2.90. The zero-order valence-electron chi connectivity index (χ0n) is 11.4. The number of nitrogens with one attached hydrogen (secondary N) is 1. The van der Waals surface area contributed by atoms with Gasteiger partial charge in [-0.15, -0.1) is 0 Å². The van der Waals surface area contributed by atoms with Gasteiger partial charge in [-0.3, -0.25) is 4.79 Å². The van der Waals surface area contributed by atoms with Gasteiger partial charge in [0.2, 0.25) is 0 Å². The fraction of sp³-hybridized carbons (Fsp3) is 0.500. The third-order valence-electron chi connectivity index (χ3n) is 2.90. The number of carbonyl (C=O) groups excluding carboxylic acids is 1. The van der Waals surface area contributed by atoms with Crippen molar-refractivity contribution in [2.24, 2.45) is 0 Å². The summed E-state index contributed by atoms with van der Waals surface area (Å²) in [6, 6.07) is 7.71. The molecule has 1 N–H and O–H groups in total. The van der Waals surface area contributed by atoms with Gasteiger partial charge < -0.3 is 14.8 Å². The first-order valence-corrected chi connectivity index (χ1v) is 5.94. The Bertz CT molecular complexity index is 402. The minimum absolute atomic E-state index is 0.158. The molecule has 0 heterocycles. The van der Waals surface area contributed by atoms with E-state index < -0.39 is 5.60 Å². The molecular formula is C14H21NO3. The Morgan fingerprint density at radius 2 is 1.94 bits per heavy atom. The number of amides is 1. The summed E-state index contributed by atoms with van der Waals surface area (Å²) in [5, 5.41) is 2.89. The van der Waals surface area contributed by atoms with Crippen LogP contribution in [0.3, 0.4) is 0 Å². The smallest absolute Gasteiger partial charge is 0.256 e. The van der Waals surface area contributed by atoms with Crippen molar-refractivity contribution in [2.45, 2.75) is 25.9 Å². The molecule has 0 bridgehead atoms. The lowest BCUT2D eigenvalue weighted by Crippen LogP contribution is -2.39. The standard InChI is InChI=1S/C14H21NO3/c1-14(2,18-4)13(16)15-12-8-6-5-7-11(12)9-10-17-3/h5-8H,9-10H2,1-4H3,(H,15,16). The van der Waals surface area contributed by atoms with Gasteiger partial charge in [0.05, 0.1) is 6.61 Å². The molecule has 0 aliphatic heterocycles. The maximum atomic E-state index is 12.0. The molecule has 0 spiro atoms. The molecular weight excluding hydrogens is 230 g/mol. The Kier molecular flexibility index (Phi) is 5.31. The molecule has 1 amide bonds. The summed E-state index contributed by atoms with van der Waals surface area (Å²) in [6.45, 7) is 4.10. The number of anilines is 1. The summed E-state index contributed by atoms with van der Waals surface area (Å²) in [5.41, 5.74) is 1.03. The Hall–Kier alpha value is -1.39. The minimum atomic E-state index is -0.839. The summed E-state index contributed by atoms with van der Waals surface area (Å²) < 4.78 is 10.2. The van der Waals surface area contributed by atoms with E-state index >= 15 is 0 Å². The van der Waals surface area contributed by atoms with E-state index in [1.54, 1.807) is 21.0 Å². The molecule has 0 radical (unpaired) electrons. The molecule has 0 unspecified atom stereocenters. The lowest BCUT2D eigenvalue weighted by Gasteiger charge is -2.22. The number of hydrogen-bond donors (Lipinski definition) is 1. The number of methoxy groups -OCH3 is 2. The molecule has 0 aliphatic carbocycles. The normalized spacial score (nSPS) is 11.3. The zero-order valence-corrected chi connectivity index (χ0v) is 11.4. The average molecular weight is 251 g/mol. The van der Waals surface area contributed by atoms with E-state index in [1.165, 1.54) is 7.11 Å². The van der Waals surface area contributed by atoms with Crippen molar-refractivity contribution in [2.75, 3.05) is 26.1 Å². The Balaban J connectivity index is 2.81. The third kappa shape index (κ3) is 3.82. The lowest BCUT2D eigenvalue weighted by atomic mass is 10.1. The van der Waals surface area contributed by atoms with Crippen molar-refractivity contribution < 1.29 is 14.3 Å². The van der Waals surface area contributed by atoms with Gasteiger partial charge in [-0.2, -0.15) is 0 Å². The van der Waals surface area contributed by atoms with Gasteiger partial charge >= 0.3 is 0 Å². The van der Waals surface area contributed by atoms with E-state index in [4.69, 9.17) is 9.47 Å². The second kappa shape index (κ2) is 6.52. The van der Waals surface area contributed by atoms with Crippen LogP contribution in [0, 0.1) is 0 Å². The van der Waals surface area contributed by atoms with E-state index in [0.717, 1.165) is 17.7 Å². The van der Waals surface area contributed by atoms with E-state index in [1.807, 2.05) is 24.3 Å². The molecule has 0 aromatic heterocycles. The molecule has 4 heteroatoms. The van der Waals surface area contributed by atoms with Crippen LogP contribution in [0.15, 0.2) is 24.3 Å². The van der Waals surface area contributed by atoms with Gasteiger partial charge in [-0.05, 0) is 31.9 Å². The van der Waals surface area contributed by atoms with E-state index in [-0.39, 0.29) is 5.91 Å². The molecule has 18 heavy (non-hydrogen) atoms. The van der Waals surface area contributed by atoms with Crippen molar-refractivity contribution in [1.29, 1.82) is 0 Å². The topological polar surface area (TPSA) is 47.6 Å². The molecule has 0 aliphatic rings. The number of benzene rings is 1. The fourth-order valence-corrected chi connectivity index (χ4v) is 1.44. The van der Waals surface area contributed by atoms with Crippen molar-refractivity contribution in [3.63, 3.8) is 0 Å². The number of ether oxygens (including phenoxy) is 2. The molecule has 0 saturated carbocycles. The van der Waals surface area contributed by atoms with E-state index in [2.05, 4.69) is 5.32 Å². The van der Waals surface area contributed by atoms with Gasteiger partial charge in [0.1, 0.15) is 5.60 Å². The molecule has 0 saturated heterocycles. The highest BCUT2D eigenvalue weighted by atomic mass is 16.5. The fourth-order valence-electron chi connectivity index (χ4n) is 1.44. The number of carbonyl (C=O) groups is 1. The Morgan fingerprint density at radius 1 is 1.28 bits per heavy atom. The lowest BCUT2D eigenvalue weighted by molar-refractivity contribution is -0.133. The van der Waals surface area contributed by atoms with Crippen molar-refractivity contribution >= 4 is 11.6 Å². The maximum absolute atomic E-state index is 12.0. The molecule has 1 aromatic carbocycles. The summed E-state index contributed by atoms with van der Waals surface area (Å²) >= 11 is 0. The van der Waals surface area contributed by atoms with Gasteiger partial charge in [0.15, 0.2) is 0 Å². The number of hydrogen-bond acceptors (Lipinski definition) is 3. The summed E-state index contributed by atoms with van der Waals surface area (Å²) in [5.74, 6) is -0.158.